The van der Waals surface area contributed by atoms with E-state index in [4.69, 9.17) is 15.6 Å². The Labute approximate surface area is 106 Å². The molecule has 0 aliphatic carbocycles. The standard InChI is InChI=1S/C10H13F2N3O4/c11-8(12)6-4(3-16)19-9(7(6)17)15-2-1-5(13)14-10(15)18/h1-2,4,6-9,16-17H,3H2,(H2,13,14,18)/t4-,6-,7-,9-/m1/s1. The molecule has 9 heteroatoms. The van der Waals surface area contributed by atoms with Crippen LogP contribution in [0.5, 0.6) is 0 Å². The lowest BCUT2D eigenvalue weighted by Crippen LogP contribution is -2.36. The Morgan fingerprint density at radius 3 is 2.74 bits per heavy atom. The van der Waals surface area contributed by atoms with Crippen molar-refractivity contribution in [2.45, 2.75) is 24.9 Å². The molecule has 0 spiro atoms. The van der Waals surface area contributed by atoms with Crippen LogP contribution in [0.1, 0.15) is 6.23 Å². The largest absolute Gasteiger partial charge is 0.394 e. The molecule has 7 nitrogen and oxygen atoms in total. The Morgan fingerprint density at radius 2 is 2.26 bits per heavy atom. The summed E-state index contributed by atoms with van der Waals surface area (Å²) in [5.74, 6) is -1.60. The van der Waals surface area contributed by atoms with Gasteiger partial charge in [0.1, 0.15) is 11.9 Å². The molecule has 0 saturated carbocycles. The molecule has 1 aromatic rings. The lowest BCUT2D eigenvalue weighted by atomic mass is 9.99. The zero-order chi connectivity index (χ0) is 14.2. The molecule has 0 radical (unpaired) electrons. The lowest BCUT2D eigenvalue weighted by molar-refractivity contribution is -0.0560. The van der Waals surface area contributed by atoms with E-state index in [1.54, 1.807) is 0 Å². The predicted octanol–water partition coefficient (Wildman–Crippen LogP) is -1.04. The van der Waals surface area contributed by atoms with Crippen molar-refractivity contribution in [3.05, 3.63) is 22.7 Å². The molecule has 2 heterocycles. The zero-order valence-electron chi connectivity index (χ0n) is 9.69. The number of nitrogen functional groups attached to an aromatic ring is 1. The second-order valence-corrected chi connectivity index (χ2v) is 4.19. The molecule has 1 saturated heterocycles. The van der Waals surface area contributed by atoms with Crippen LogP contribution in [0.2, 0.25) is 0 Å². The quantitative estimate of drug-likeness (QED) is 0.650. The maximum Gasteiger partial charge on any atom is 0.351 e. The molecule has 4 atom stereocenters. The van der Waals surface area contributed by atoms with Crippen molar-refractivity contribution < 1.29 is 23.7 Å². The Kier molecular flexibility index (Phi) is 3.78. The van der Waals surface area contributed by atoms with Gasteiger partial charge in [-0.05, 0) is 6.07 Å². The number of alkyl halides is 2. The SMILES string of the molecule is Nc1ccn([C@@H]2O[C@H](CO)[C@@H](C(F)F)[C@H]2O)c(=O)n1. The Morgan fingerprint density at radius 1 is 1.58 bits per heavy atom. The molecule has 106 valence electrons. The fourth-order valence-electron chi connectivity index (χ4n) is 2.09. The summed E-state index contributed by atoms with van der Waals surface area (Å²) in [6.07, 6.45) is -5.88. The number of hydrogen-bond acceptors (Lipinski definition) is 6. The molecule has 1 aliphatic rings. The van der Waals surface area contributed by atoms with Crippen LogP contribution in [-0.2, 0) is 4.74 Å². The number of nitrogens with two attached hydrogens (primary N) is 1. The minimum Gasteiger partial charge on any atom is -0.394 e. The summed E-state index contributed by atoms with van der Waals surface area (Å²) >= 11 is 0. The number of rotatable bonds is 3. The van der Waals surface area contributed by atoms with Gasteiger partial charge in [0.2, 0.25) is 6.43 Å². The topological polar surface area (TPSA) is 111 Å². The molecule has 0 aromatic carbocycles. The van der Waals surface area contributed by atoms with Crippen LogP contribution in [0.25, 0.3) is 0 Å². The van der Waals surface area contributed by atoms with E-state index in [9.17, 15) is 18.7 Å². The van der Waals surface area contributed by atoms with Crippen LogP contribution in [0.4, 0.5) is 14.6 Å². The van der Waals surface area contributed by atoms with Crippen LogP contribution in [0.3, 0.4) is 0 Å². The predicted molar refractivity (Wildman–Crippen MR) is 59.4 cm³/mol. The Bertz CT molecular complexity index is 510. The molecule has 0 bridgehead atoms. The van der Waals surface area contributed by atoms with E-state index in [0.29, 0.717) is 0 Å². The van der Waals surface area contributed by atoms with Gasteiger partial charge in [0.05, 0.1) is 18.6 Å². The first-order chi connectivity index (χ1) is 8.95. The van der Waals surface area contributed by atoms with Gasteiger partial charge in [0, 0.05) is 6.20 Å². The summed E-state index contributed by atoms with van der Waals surface area (Å²) < 4.78 is 31.6. The average Bonchev–Trinajstić information content (AvgIpc) is 2.66. The normalized spacial score (nSPS) is 31.0. The second-order valence-electron chi connectivity index (χ2n) is 4.19. The molecule has 1 fully saturated rings. The summed E-state index contributed by atoms with van der Waals surface area (Å²) in [6.45, 7) is -0.681. The van der Waals surface area contributed by atoms with E-state index in [1.165, 1.54) is 12.3 Å². The lowest BCUT2D eigenvalue weighted by Gasteiger charge is -2.18. The van der Waals surface area contributed by atoms with Crippen molar-refractivity contribution in [1.82, 2.24) is 9.55 Å². The molecule has 0 amide bonds. The fraction of sp³-hybridized carbons (Fsp3) is 0.600. The van der Waals surface area contributed by atoms with Crippen molar-refractivity contribution in [2.75, 3.05) is 12.3 Å². The van der Waals surface area contributed by atoms with Crippen LogP contribution in [0.15, 0.2) is 17.1 Å². The van der Waals surface area contributed by atoms with E-state index in [-0.39, 0.29) is 5.82 Å². The third-order valence-electron chi connectivity index (χ3n) is 3.03. The number of aromatic nitrogens is 2. The van der Waals surface area contributed by atoms with E-state index < -0.39 is 43.1 Å². The van der Waals surface area contributed by atoms with E-state index in [0.717, 1.165) is 4.57 Å². The van der Waals surface area contributed by atoms with Gasteiger partial charge >= 0.3 is 5.69 Å². The number of hydrogen-bond donors (Lipinski definition) is 3. The Balaban J connectivity index is 2.34. The van der Waals surface area contributed by atoms with Gasteiger partial charge in [0.25, 0.3) is 0 Å². The van der Waals surface area contributed by atoms with Crippen LogP contribution in [0, 0.1) is 5.92 Å². The van der Waals surface area contributed by atoms with Crippen LogP contribution in [-0.4, -0.2) is 45.0 Å². The van der Waals surface area contributed by atoms with Gasteiger partial charge in [0.15, 0.2) is 6.23 Å². The summed E-state index contributed by atoms with van der Waals surface area (Å²) in [6, 6.07) is 1.28. The highest BCUT2D eigenvalue weighted by Gasteiger charge is 2.49. The van der Waals surface area contributed by atoms with Crippen LogP contribution >= 0.6 is 0 Å². The minimum atomic E-state index is -2.88. The van der Waals surface area contributed by atoms with Crippen LogP contribution < -0.4 is 11.4 Å². The fourth-order valence-corrected chi connectivity index (χ4v) is 2.09. The summed E-state index contributed by atoms with van der Waals surface area (Å²) in [7, 11) is 0. The molecular formula is C10H13F2N3O4. The third kappa shape index (κ3) is 2.44. The van der Waals surface area contributed by atoms with Crippen molar-refractivity contribution in [2.24, 2.45) is 5.92 Å². The molecular weight excluding hydrogens is 264 g/mol. The number of aliphatic hydroxyl groups excluding tert-OH is 2. The summed E-state index contributed by atoms with van der Waals surface area (Å²) in [4.78, 5) is 15.0. The van der Waals surface area contributed by atoms with Crippen molar-refractivity contribution >= 4 is 5.82 Å². The van der Waals surface area contributed by atoms with Gasteiger partial charge in [-0.25, -0.2) is 13.6 Å². The van der Waals surface area contributed by atoms with Crippen molar-refractivity contribution in [3.63, 3.8) is 0 Å². The molecule has 0 unspecified atom stereocenters. The first-order valence-corrected chi connectivity index (χ1v) is 5.53. The second kappa shape index (κ2) is 5.19. The smallest absolute Gasteiger partial charge is 0.351 e. The van der Waals surface area contributed by atoms with E-state index in [2.05, 4.69) is 4.98 Å². The molecule has 1 aromatic heterocycles. The van der Waals surface area contributed by atoms with Gasteiger partial charge < -0.3 is 20.7 Å². The number of anilines is 1. The number of aliphatic hydroxyl groups is 2. The molecule has 1 aliphatic heterocycles. The first-order valence-electron chi connectivity index (χ1n) is 5.53. The zero-order valence-corrected chi connectivity index (χ0v) is 9.69. The maximum atomic E-state index is 12.8. The van der Waals surface area contributed by atoms with Gasteiger partial charge in [-0.1, -0.05) is 0 Å². The highest BCUT2D eigenvalue weighted by atomic mass is 19.3. The molecule has 4 N–H and O–H groups in total. The van der Waals surface area contributed by atoms with E-state index >= 15 is 0 Å². The summed E-state index contributed by atoms with van der Waals surface area (Å²) in [5.41, 5.74) is 4.48. The number of nitrogens with zero attached hydrogens (tertiary/aromatic N) is 2. The van der Waals surface area contributed by atoms with Crippen molar-refractivity contribution in [1.29, 1.82) is 0 Å². The molecule has 19 heavy (non-hydrogen) atoms. The van der Waals surface area contributed by atoms with E-state index in [1.807, 2.05) is 0 Å². The highest BCUT2D eigenvalue weighted by molar-refractivity contribution is 5.23. The minimum absolute atomic E-state index is 0.0298. The van der Waals surface area contributed by atoms with Gasteiger partial charge in [-0.3, -0.25) is 4.57 Å². The maximum absolute atomic E-state index is 12.8. The highest BCUT2D eigenvalue weighted by Crippen LogP contribution is 2.36. The average molecular weight is 277 g/mol. The summed E-state index contributed by atoms with van der Waals surface area (Å²) in [5, 5.41) is 18.8. The monoisotopic (exact) mass is 277 g/mol. The Hall–Kier alpha value is -1.58. The molecule has 2 rings (SSSR count). The first kappa shape index (κ1) is 13.8. The number of ether oxygens (including phenoxy) is 1. The van der Waals surface area contributed by atoms with Crippen molar-refractivity contribution in [3.8, 4) is 0 Å². The van der Waals surface area contributed by atoms with Gasteiger partial charge in [-0.2, -0.15) is 4.98 Å². The number of halogens is 2. The third-order valence-corrected chi connectivity index (χ3v) is 3.03. The van der Waals surface area contributed by atoms with Gasteiger partial charge in [-0.15, -0.1) is 0 Å².